The van der Waals surface area contributed by atoms with Gasteiger partial charge in [-0.2, -0.15) is 0 Å². The van der Waals surface area contributed by atoms with Crippen LogP contribution in [0.5, 0.6) is 5.75 Å². The molecule has 0 saturated heterocycles. The van der Waals surface area contributed by atoms with Crippen LogP contribution >= 0.6 is 0 Å². The highest BCUT2D eigenvalue weighted by atomic mass is 19.2. The van der Waals surface area contributed by atoms with Gasteiger partial charge in [-0.3, -0.25) is 0 Å². The molecule has 5 heteroatoms. The fourth-order valence-corrected chi connectivity index (χ4v) is 1.84. The highest BCUT2D eigenvalue weighted by Gasteiger charge is 2.15. The topological polar surface area (TPSA) is 46.2 Å². The van der Waals surface area contributed by atoms with Gasteiger partial charge in [0.05, 0.1) is 0 Å². The van der Waals surface area contributed by atoms with Crippen LogP contribution in [0.3, 0.4) is 0 Å². The minimum absolute atomic E-state index is 0.0844. The van der Waals surface area contributed by atoms with Crippen molar-refractivity contribution in [2.24, 2.45) is 5.73 Å². The van der Waals surface area contributed by atoms with Crippen molar-refractivity contribution in [3.8, 4) is 5.75 Å². The molecule has 100 valence electrons. The molecule has 0 heterocycles. The number of hydrogen-bond donors (Lipinski definition) is 2. The molecule has 2 aromatic carbocycles. The first-order valence-corrected chi connectivity index (χ1v) is 5.65. The van der Waals surface area contributed by atoms with E-state index in [9.17, 15) is 18.3 Å². The van der Waals surface area contributed by atoms with Gasteiger partial charge in [0.2, 0.25) is 0 Å². The first kappa shape index (κ1) is 13.4. The summed E-state index contributed by atoms with van der Waals surface area (Å²) in [5.74, 6) is -3.95. The maximum Gasteiger partial charge on any atom is 0.194 e. The number of hydrogen-bond acceptors (Lipinski definition) is 2. The molecule has 3 N–H and O–H groups in total. The molecule has 2 nitrogen and oxygen atoms in total. The molecule has 1 unspecified atom stereocenters. The van der Waals surface area contributed by atoms with Crippen LogP contribution in [0.1, 0.15) is 17.2 Å². The van der Waals surface area contributed by atoms with E-state index in [-0.39, 0.29) is 17.7 Å². The van der Waals surface area contributed by atoms with E-state index in [1.165, 1.54) is 12.1 Å². The van der Waals surface area contributed by atoms with E-state index in [0.29, 0.717) is 0 Å². The summed E-state index contributed by atoms with van der Waals surface area (Å²) in [7, 11) is 0. The van der Waals surface area contributed by atoms with E-state index in [1.807, 2.05) is 0 Å². The van der Waals surface area contributed by atoms with Crippen molar-refractivity contribution in [3.63, 3.8) is 0 Å². The van der Waals surface area contributed by atoms with E-state index in [1.54, 1.807) is 12.1 Å². The zero-order valence-corrected chi connectivity index (χ0v) is 9.91. The van der Waals surface area contributed by atoms with Crippen LogP contribution in [0, 0.1) is 17.5 Å². The monoisotopic (exact) mass is 267 g/mol. The Labute approximate surface area is 108 Å². The van der Waals surface area contributed by atoms with E-state index in [4.69, 9.17) is 5.73 Å². The second kappa shape index (κ2) is 5.32. The summed E-state index contributed by atoms with van der Waals surface area (Å²) in [4.78, 5) is 0. The average molecular weight is 267 g/mol. The number of rotatable bonds is 3. The molecule has 0 aliphatic heterocycles. The zero-order valence-electron chi connectivity index (χ0n) is 9.91. The summed E-state index contributed by atoms with van der Waals surface area (Å²) in [6.07, 6.45) is 0.277. The van der Waals surface area contributed by atoms with Crippen molar-refractivity contribution < 1.29 is 18.3 Å². The van der Waals surface area contributed by atoms with Gasteiger partial charge in [0.15, 0.2) is 17.5 Å². The Hall–Kier alpha value is -2.01. The standard InChI is InChI=1S/C14H12F3NO/c15-11-6-9(7-12(16)14(11)17)13(18)5-8-2-1-3-10(19)4-8/h1-4,6-7,13,19H,5,18H2. The Morgan fingerprint density at radius 1 is 1.05 bits per heavy atom. The first-order chi connectivity index (χ1) is 8.97. The van der Waals surface area contributed by atoms with Gasteiger partial charge in [-0.05, 0) is 41.8 Å². The van der Waals surface area contributed by atoms with E-state index in [2.05, 4.69) is 0 Å². The van der Waals surface area contributed by atoms with Gasteiger partial charge in [0.1, 0.15) is 5.75 Å². The Morgan fingerprint density at radius 3 is 2.26 bits per heavy atom. The lowest BCUT2D eigenvalue weighted by Crippen LogP contribution is -2.14. The second-order valence-electron chi connectivity index (χ2n) is 4.28. The highest BCUT2D eigenvalue weighted by Crippen LogP contribution is 2.22. The number of phenols is 1. The molecule has 1 atom stereocenters. The molecule has 0 spiro atoms. The molecule has 19 heavy (non-hydrogen) atoms. The number of nitrogens with two attached hydrogens (primary N) is 1. The Morgan fingerprint density at radius 2 is 1.68 bits per heavy atom. The Balaban J connectivity index is 2.23. The lowest BCUT2D eigenvalue weighted by Gasteiger charge is -2.13. The smallest absolute Gasteiger partial charge is 0.194 e. The van der Waals surface area contributed by atoms with E-state index < -0.39 is 23.5 Å². The quantitative estimate of drug-likeness (QED) is 0.839. The molecule has 0 amide bonds. The fraction of sp³-hybridized carbons (Fsp3) is 0.143. The maximum atomic E-state index is 13.1. The van der Waals surface area contributed by atoms with Crippen LogP contribution in [-0.4, -0.2) is 5.11 Å². The summed E-state index contributed by atoms with van der Waals surface area (Å²) in [6.45, 7) is 0. The average Bonchev–Trinajstić information content (AvgIpc) is 2.35. The number of benzene rings is 2. The number of phenolic OH excluding ortho intramolecular Hbond substituents is 1. The molecule has 0 saturated carbocycles. The third-order valence-electron chi connectivity index (χ3n) is 2.80. The highest BCUT2D eigenvalue weighted by molar-refractivity contribution is 5.30. The molecule has 0 aliphatic rings. The molecular formula is C14H12F3NO. The minimum atomic E-state index is -1.51. The van der Waals surface area contributed by atoms with Gasteiger partial charge in [0.25, 0.3) is 0 Å². The normalized spacial score (nSPS) is 12.4. The molecule has 2 aromatic rings. The van der Waals surface area contributed by atoms with Crippen LogP contribution in [-0.2, 0) is 6.42 Å². The number of aromatic hydroxyl groups is 1. The van der Waals surface area contributed by atoms with Gasteiger partial charge >= 0.3 is 0 Å². The summed E-state index contributed by atoms with van der Waals surface area (Å²) in [5.41, 5.74) is 6.71. The van der Waals surface area contributed by atoms with Gasteiger partial charge < -0.3 is 10.8 Å². The van der Waals surface area contributed by atoms with Crippen LogP contribution in [0.4, 0.5) is 13.2 Å². The molecule has 0 fully saturated rings. The van der Waals surface area contributed by atoms with Crippen molar-refractivity contribution in [1.29, 1.82) is 0 Å². The predicted octanol–water partition coefficient (Wildman–Crippen LogP) is 3.05. The summed E-state index contributed by atoms with van der Waals surface area (Å²) < 4.78 is 39.0. The maximum absolute atomic E-state index is 13.1. The van der Waals surface area contributed by atoms with Gasteiger partial charge in [-0.25, -0.2) is 13.2 Å². The van der Waals surface area contributed by atoms with Crippen LogP contribution < -0.4 is 5.73 Å². The molecule has 0 bridgehead atoms. The molecule has 2 rings (SSSR count). The third kappa shape index (κ3) is 3.06. The predicted molar refractivity (Wildman–Crippen MR) is 65.1 cm³/mol. The molecule has 0 aliphatic carbocycles. The van der Waals surface area contributed by atoms with Crippen molar-refractivity contribution in [2.75, 3.05) is 0 Å². The van der Waals surface area contributed by atoms with Crippen LogP contribution in [0.2, 0.25) is 0 Å². The molecule has 0 radical (unpaired) electrons. The lowest BCUT2D eigenvalue weighted by molar-refractivity contribution is 0.443. The lowest BCUT2D eigenvalue weighted by atomic mass is 9.99. The summed E-state index contributed by atoms with van der Waals surface area (Å²) in [5, 5.41) is 9.31. The van der Waals surface area contributed by atoms with Gasteiger partial charge in [-0.1, -0.05) is 12.1 Å². The van der Waals surface area contributed by atoms with E-state index >= 15 is 0 Å². The zero-order chi connectivity index (χ0) is 14.0. The van der Waals surface area contributed by atoms with Crippen LogP contribution in [0.25, 0.3) is 0 Å². The SMILES string of the molecule is NC(Cc1cccc(O)c1)c1cc(F)c(F)c(F)c1. The number of halogens is 3. The fourth-order valence-electron chi connectivity index (χ4n) is 1.84. The Kier molecular flexibility index (Phi) is 3.76. The van der Waals surface area contributed by atoms with Gasteiger partial charge in [0, 0.05) is 6.04 Å². The minimum Gasteiger partial charge on any atom is -0.508 e. The van der Waals surface area contributed by atoms with Crippen molar-refractivity contribution in [1.82, 2.24) is 0 Å². The van der Waals surface area contributed by atoms with Crippen LogP contribution in [0.15, 0.2) is 36.4 Å². The van der Waals surface area contributed by atoms with E-state index in [0.717, 1.165) is 17.7 Å². The third-order valence-corrected chi connectivity index (χ3v) is 2.80. The Bertz CT molecular complexity index is 578. The summed E-state index contributed by atoms with van der Waals surface area (Å²) >= 11 is 0. The molecule has 0 aromatic heterocycles. The van der Waals surface area contributed by atoms with Crippen molar-refractivity contribution in [3.05, 3.63) is 65.0 Å². The van der Waals surface area contributed by atoms with Gasteiger partial charge in [-0.15, -0.1) is 0 Å². The first-order valence-electron chi connectivity index (χ1n) is 5.65. The van der Waals surface area contributed by atoms with Crippen molar-refractivity contribution >= 4 is 0 Å². The molecular weight excluding hydrogens is 255 g/mol. The summed E-state index contributed by atoms with van der Waals surface area (Å²) in [6, 6.07) is 7.46. The second-order valence-corrected chi connectivity index (χ2v) is 4.28. The van der Waals surface area contributed by atoms with Crippen molar-refractivity contribution in [2.45, 2.75) is 12.5 Å². The largest absolute Gasteiger partial charge is 0.508 e.